The molecule has 0 N–H and O–H groups in total. The lowest BCUT2D eigenvalue weighted by molar-refractivity contribution is -0.131. The smallest absolute Gasteiger partial charge is 0.222 e. The van der Waals surface area contributed by atoms with Crippen molar-refractivity contribution in [3.63, 3.8) is 0 Å². The molecule has 2 heterocycles. The van der Waals surface area contributed by atoms with Gasteiger partial charge in [0.25, 0.3) is 0 Å². The van der Waals surface area contributed by atoms with E-state index in [0.717, 1.165) is 31.6 Å². The van der Waals surface area contributed by atoms with Gasteiger partial charge in [0.1, 0.15) is 0 Å². The Morgan fingerprint density at radius 3 is 2.80 bits per heavy atom. The molecule has 2 aliphatic rings. The quantitative estimate of drug-likeness (QED) is 0.824. The third kappa shape index (κ3) is 2.90. The zero-order chi connectivity index (χ0) is 13.9. The van der Waals surface area contributed by atoms with Crippen LogP contribution in [0.2, 0.25) is 0 Å². The maximum Gasteiger partial charge on any atom is 0.222 e. The number of Topliss-reactive ketones (excluding diaryl/α,β-unsaturated/α-hetero) is 1. The Bertz CT molecular complexity index is 500. The molecule has 0 radical (unpaired) electrons. The van der Waals surface area contributed by atoms with Crippen molar-refractivity contribution in [2.75, 3.05) is 26.2 Å². The number of fused-ring (bicyclic) bond motifs is 1. The Balaban J connectivity index is 1.51. The van der Waals surface area contributed by atoms with E-state index < -0.39 is 0 Å². The van der Waals surface area contributed by atoms with Crippen LogP contribution >= 0.6 is 0 Å². The molecule has 0 aliphatic carbocycles. The number of carbonyl (C=O) groups excluding carboxylic acids is 2. The predicted octanol–water partition coefficient (Wildman–Crippen LogP) is 1.10. The summed E-state index contributed by atoms with van der Waals surface area (Å²) in [6.45, 7) is 2.96. The summed E-state index contributed by atoms with van der Waals surface area (Å²) in [4.78, 5) is 27.9. The van der Waals surface area contributed by atoms with Crippen LogP contribution in [0.15, 0.2) is 30.3 Å². The van der Waals surface area contributed by atoms with Crippen LogP contribution < -0.4 is 0 Å². The SMILES string of the molecule is O=C(Cc1ccccc1)CN1CCN2C(=O)CCC2C1. The van der Waals surface area contributed by atoms with E-state index in [9.17, 15) is 9.59 Å². The van der Waals surface area contributed by atoms with E-state index in [2.05, 4.69) is 4.90 Å². The molecule has 3 rings (SSSR count). The maximum absolute atomic E-state index is 12.1. The number of amides is 1. The fourth-order valence-electron chi connectivity index (χ4n) is 3.20. The molecule has 2 fully saturated rings. The summed E-state index contributed by atoms with van der Waals surface area (Å²) in [7, 11) is 0. The van der Waals surface area contributed by atoms with Crippen LogP contribution in [0, 0.1) is 0 Å². The molecule has 4 heteroatoms. The summed E-state index contributed by atoms with van der Waals surface area (Å²) < 4.78 is 0. The molecule has 0 bridgehead atoms. The first-order chi connectivity index (χ1) is 9.72. The summed E-state index contributed by atoms with van der Waals surface area (Å²) in [5.74, 6) is 0.541. The molecule has 4 nitrogen and oxygen atoms in total. The molecule has 1 amide bonds. The van der Waals surface area contributed by atoms with E-state index in [4.69, 9.17) is 0 Å². The fraction of sp³-hybridized carbons (Fsp3) is 0.500. The Hall–Kier alpha value is -1.68. The summed E-state index contributed by atoms with van der Waals surface area (Å²) in [5.41, 5.74) is 1.08. The van der Waals surface area contributed by atoms with E-state index >= 15 is 0 Å². The van der Waals surface area contributed by atoms with Crippen molar-refractivity contribution in [3.8, 4) is 0 Å². The first-order valence-corrected chi connectivity index (χ1v) is 7.30. The number of carbonyl (C=O) groups is 2. The highest BCUT2D eigenvalue weighted by Gasteiger charge is 2.35. The van der Waals surface area contributed by atoms with Gasteiger partial charge in [0.2, 0.25) is 5.91 Å². The van der Waals surface area contributed by atoms with Gasteiger partial charge in [0.05, 0.1) is 6.54 Å². The number of piperazine rings is 1. The van der Waals surface area contributed by atoms with Gasteiger partial charge in [-0.3, -0.25) is 14.5 Å². The van der Waals surface area contributed by atoms with Crippen LogP contribution in [0.1, 0.15) is 18.4 Å². The van der Waals surface area contributed by atoms with Crippen LogP contribution in [0.3, 0.4) is 0 Å². The molecule has 1 aromatic rings. The summed E-state index contributed by atoms with van der Waals surface area (Å²) in [6.07, 6.45) is 2.13. The van der Waals surface area contributed by atoms with Gasteiger partial charge < -0.3 is 4.90 Å². The number of hydrogen-bond donors (Lipinski definition) is 0. The number of hydrogen-bond acceptors (Lipinski definition) is 3. The van der Waals surface area contributed by atoms with Gasteiger partial charge in [-0.15, -0.1) is 0 Å². The molecule has 1 atom stereocenters. The molecule has 0 spiro atoms. The summed E-state index contributed by atoms with van der Waals surface area (Å²) in [6, 6.07) is 10.2. The molecule has 2 aliphatic heterocycles. The minimum absolute atomic E-state index is 0.258. The lowest BCUT2D eigenvalue weighted by Gasteiger charge is -2.37. The highest BCUT2D eigenvalue weighted by Crippen LogP contribution is 2.22. The van der Waals surface area contributed by atoms with Crippen molar-refractivity contribution in [3.05, 3.63) is 35.9 Å². The monoisotopic (exact) mass is 272 g/mol. The van der Waals surface area contributed by atoms with Crippen molar-refractivity contribution in [2.45, 2.75) is 25.3 Å². The highest BCUT2D eigenvalue weighted by molar-refractivity contribution is 5.83. The number of ketones is 1. The van der Waals surface area contributed by atoms with Crippen molar-refractivity contribution < 1.29 is 9.59 Å². The third-order valence-electron chi connectivity index (χ3n) is 4.22. The highest BCUT2D eigenvalue weighted by atomic mass is 16.2. The van der Waals surface area contributed by atoms with E-state index in [0.29, 0.717) is 25.4 Å². The Morgan fingerprint density at radius 1 is 1.20 bits per heavy atom. The largest absolute Gasteiger partial charge is 0.337 e. The minimum Gasteiger partial charge on any atom is -0.337 e. The normalized spacial score (nSPS) is 22.9. The predicted molar refractivity (Wildman–Crippen MR) is 76.3 cm³/mol. The lowest BCUT2D eigenvalue weighted by Crippen LogP contribution is -2.52. The van der Waals surface area contributed by atoms with Crippen LogP contribution in [0.5, 0.6) is 0 Å². The van der Waals surface area contributed by atoms with Crippen molar-refractivity contribution in [1.29, 1.82) is 0 Å². The van der Waals surface area contributed by atoms with E-state index in [1.54, 1.807) is 0 Å². The Morgan fingerprint density at radius 2 is 2.00 bits per heavy atom. The van der Waals surface area contributed by atoms with Gasteiger partial charge >= 0.3 is 0 Å². The number of nitrogens with zero attached hydrogens (tertiary/aromatic N) is 2. The van der Waals surface area contributed by atoms with Gasteiger partial charge in [-0.1, -0.05) is 30.3 Å². The molecule has 0 aromatic heterocycles. The Labute approximate surface area is 119 Å². The fourth-order valence-corrected chi connectivity index (χ4v) is 3.20. The third-order valence-corrected chi connectivity index (χ3v) is 4.22. The first kappa shape index (κ1) is 13.3. The van der Waals surface area contributed by atoms with Gasteiger partial charge in [-0.05, 0) is 12.0 Å². The molecule has 106 valence electrons. The first-order valence-electron chi connectivity index (χ1n) is 7.30. The zero-order valence-corrected chi connectivity index (χ0v) is 11.6. The van der Waals surface area contributed by atoms with Crippen LogP contribution in [0.4, 0.5) is 0 Å². The summed E-state index contributed by atoms with van der Waals surface area (Å²) >= 11 is 0. The second kappa shape index (κ2) is 5.75. The van der Waals surface area contributed by atoms with Crippen LogP contribution in [-0.2, 0) is 16.0 Å². The number of benzene rings is 1. The second-order valence-electron chi connectivity index (χ2n) is 5.72. The maximum atomic E-state index is 12.1. The van der Waals surface area contributed by atoms with Crippen molar-refractivity contribution in [1.82, 2.24) is 9.80 Å². The lowest BCUT2D eigenvalue weighted by atomic mass is 10.1. The topological polar surface area (TPSA) is 40.6 Å². The van der Waals surface area contributed by atoms with Crippen LogP contribution in [-0.4, -0.2) is 53.7 Å². The standard InChI is InChI=1S/C16H20N2O2/c19-15(10-13-4-2-1-3-5-13)12-17-8-9-18-14(11-17)6-7-16(18)20/h1-5,14H,6-12H2. The van der Waals surface area contributed by atoms with E-state index in [-0.39, 0.29) is 11.7 Å². The van der Waals surface area contributed by atoms with Crippen molar-refractivity contribution >= 4 is 11.7 Å². The molecule has 2 saturated heterocycles. The van der Waals surface area contributed by atoms with Crippen molar-refractivity contribution in [2.24, 2.45) is 0 Å². The van der Waals surface area contributed by atoms with E-state index in [1.807, 2.05) is 35.2 Å². The average molecular weight is 272 g/mol. The minimum atomic E-state index is 0.258. The average Bonchev–Trinajstić information content (AvgIpc) is 2.81. The zero-order valence-electron chi connectivity index (χ0n) is 11.6. The number of rotatable bonds is 4. The Kier molecular flexibility index (Phi) is 3.83. The van der Waals surface area contributed by atoms with Gasteiger partial charge in [0.15, 0.2) is 5.78 Å². The summed E-state index contributed by atoms with van der Waals surface area (Å²) in [5, 5.41) is 0. The second-order valence-corrected chi connectivity index (χ2v) is 5.72. The molecule has 1 unspecified atom stereocenters. The molecular weight excluding hydrogens is 252 g/mol. The van der Waals surface area contributed by atoms with E-state index in [1.165, 1.54) is 0 Å². The molecular formula is C16H20N2O2. The van der Waals surface area contributed by atoms with Gasteiger partial charge in [-0.25, -0.2) is 0 Å². The molecule has 20 heavy (non-hydrogen) atoms. The van der Waals surface area contributed by atoms with Gasteiger partial charge in [-0.2, -0.15) is 0 Å². The van der Waals surface area contributed by atoms with Crippen LogP contribution in [0.25, 0.3) is 0 Å². The van der Waals surface area contributed by atoms with Gasteiger partial charge in [0, 0.05) is 38.5 Å². The molecule has 1 aromatic carbocycles. The molecule has 0 saturated carbocycles.